The van der Waals surface area contributed by atoms with Crippen LogP contribution in [0.25, 0.3) is 0 Å². The van der Waals surface area contributed by atoms with Crippen LogP contribution in [0.3, 0.4) is 0 Å². The summed E-state index contributed by atoms with van der Waals surface area (Å²) in [6, 6.07) is 4.54. The maximum Gasteiger partial charge on any atom is 0.175 e. The SMILES string of the molecule is COc1cc(CNC(C)C)cc(Br)c1OC1CCOC1. The Morgan fingerprint density at radius 3 is 2.85 bits per heavy atom. The van der Waals surface area contributed by atoms with E-state index in [4.69, 9.17) is 14.2 Å². The largest absolute Gasteiger partial charge is 0.493 e. The third-order valence-corrected chi connectivity index (χ3v) is 3.77. The van der Waals surface area contributed by atoms with Gasteiger partial charge in [-0.1, -0.05) is 13.8 Å². The summed E-state index contributed by atoms with van der Waals surface area (Å²) < 4.78 is 17.7. The van der Waals surface area contributed by atoms with E-state index in [1.54, 1.807) is 7.11 Å². The average molecular weight is 344 g/mol. The Hall–Kier alpha value is -0.780. The van der Waals surface area contributed by atoms with Crippen LogP contribution in [0, 0.1) is 0 Å². The third-order valence-electron chi connectivity index (χ3n) is 3.18. The number of nitrogens with one attached hydrogen (secondary N) is 1. The molecule has 1 heterocycles. The fraction of sp³-hybridized carbons (Fsp3) is 0.600. The van der Waals surface area contributed by atoms with Gasteiger partial charge in [0.2, 0.25) is 0 Å². The summed E-state index contributed by atoms with van der Waals surface area (Å²) in [6.45, 7) is 6.47. The summed E-state index contributed by atoms with van der Waals surface area (Å²) in [5, 5.41) is 3.40. The van der Waals surface area contributed by atoms with E-state index in [2.05, 4.69) is 41.2 Å². The van der Waals surface area contributed by atoms with Gasteiger partial charge in [-0.2, -0.15) is 0 Å². The molecule has 1 aliphatic rings. The standard InChI is InChI=1S/C15H22BrNO3/c1-10(2)17-8-11-6-13(16)15(14(7-11)18-3)20-12-4-5-19-9-12/h6-7,10,12,17H,4-5,8-9H2,1-3H3. The molecule has 1 aliphatic heterocycles. The van der Waals surface area contributed by atoms with E-state index >= 15 is 0 Å². The maximum atomic E-state index is 5.99. The highest BCUT2D eigenvalue weighted by molar-refractivity contribution is 9.10. The summed E-state index contributed by atoms with van der Waals surface area (Å²) in [4.78, 5) is 0. The van der Waals surface area contributed by atoms with E-state index in [1.807, 2.05) is 6.07 Å². The van der Waals surface area contributed by atoms with Gasteiger partial charge in [0.25, 0.3) is 0 Å². The highest BCUT2D eigenvalue weighted by Gasteiger charge is 2.21. The summed E-state index contributed by atoms with van der Waals surface area (Å²) in [7, 11) is 1.67. The Morgan fingerprint density at radius 2 is 2.25 bits per heavy atom. The van der Waals surface area contributed by atoms with Crippen LogP contribution in [0.1, 0.15) is 25.8 Å². The predicted octanol–water partition coefficient (Wildman–Crippen LogP) is 3.12. The van der Waals surface area contributed by atoms with Crippen LogP contribution < -0.4 is 14.8 Å². The van der Waals surface area contributed by atoms with Crippen molar-refractivity contribution in [1.82, 2.24) is 5.32 Å². The Balaban J connectivity index is 2.14. The molecular weight excluding hydrogens is 322 g/mol. The Labute approximate surface area is 128 Å². The molecule has 1 saturated heterocycles. The van der Waals surface area contributed by atoms with Crippen LogP contribution in [-0.2, 0) is 11.3 Å². The summed E-state index contributed by atoms with van der Waals surface area (Å²) in [5.74, 6) is 1.52. The summed E-state index contributed by atoms with van der Waals surface area (Å²) in [6.07, 6.45) is 1.03. The second-order valence-corrected chi connectivity index (χ2v) is 6.10. The molecule has 4 nitrogen and oxygen atoms in total. The van der Waals surface area contributed by atoms with Crippen molar-refractivity contribution < 1.29 is 14.2 Å². The van der Waals surface area contributed by atoms with Crippen molar-refractivity contribution in [3.05, 3.63) is 22.2 Å². The third kappa shape index (κ3) is 4.11. The molecule has 1 aromatic carbocycles. The highest BCUT2D eigenvalue weighted by Crippen LogP contribution is 2.38. The normalized spacial score (nSPS) is 18.6. The number of hydrogen-bond donors (Lipinski definition) is 1. The van der Waals surface area contributed by atoms with Gasteiger partial charge >= 0.3 is 0 Å². The molecule has 0 aliphatic carbocycles. The molecule has 2 rings (SSSR count). The van der Waals surface area contributed by atoms with Crippen LogP contribution in [0.4, 0.5) is 0 Å². The molecule has 0 saturated carbocycles. The lowest BCUT2D eigenvalue weighted by Gasteiger charge is -2.18. The number of hydrogen-bond acceptors (Lipinski definition) is 4. The van der Waals surface area contributed by atoms with Gasteiger partial charge < -0.3 is 19.5 Å². The quantitative estimate of drug-likeness (QED) is 0.861. The van der Waals surface area contributed by atoms with Gasteiger partial charge in [0.1, 0.15) is 6.10 Å². The van der Waals surface area contributed by atoms with Crippen molar-refractivity contribution in [1.29, 1.82) is 0 Å². The van der Waals surface area contributed by atoms with E-state index in [0.29, 0.717) is 12.6 Å². The molecule has 1 fully saturated rings. The molecule has 1 N–H and O–H groups in total. The van der Waals surface area contributed by atoms with E-state index in [0.717, 1.165) is 41.1 Å². The first-order chi connectivity index (χ1) is 9.60. The first kappa shape index (κ1) is 15.6. The Morgan fingerprint density at radius 1 is 1.45 bits per heavy atom. The molecule has 0 spiro atoms. The first-order valence-corrected chi connectivity index (χ1v) is 7.73. The van der Waals surface area contributed by atoms with E-state index in [1.165, 1.54) is 0 Å². The molecule has 1 atom stereocenters. The highest BCUT2D eigenvalue weighted by atomic mass is 79.9. The van der Waals surface area contributed by atoms with Gasteiger partial charge in [0, 0.05) is 19.0 Å². The molecule has 1 unspecified atom stereocenters. The second-order valence-electron chi connectivity index (χ2n) is 5.25. The van der Waals surface area contributed by atoms with Crippen LogP contribution in [-0.4, -0.2) is 32.5 Å². The van der Waals surface area contributed by atoms with Crippen molar-refractivity contribution in [2.45, 2.75) is 39.0 Å². The van der Waals surface area contributed by atoms with Crippen LogP contribution in [0.2, 0.25) is 0 Å². The zero-order chi connectivity index (χ0) is 14.5. The van der Waals surface area contributed by atoms with Gasteiger partial charge in [0.15, 0.2) is 11.5 Å². The van der Waals surface area contributed by atoms with Gasteiger partial charge in [-0.3, -0.25) is 0 Å². The fourth-order valence-corrected chi connectivity index (χ4v) is 2.67. The van der Waals surface area contributed by atoms with Gasteiger partial charge in [0.05, 0.1) is 24.8 Å². The molecular formula is C15H22BrNO3. The number of ether oxygens (including phenoxy) is 3. The lowest BCUT2D eigenvalue weighted by molar-refractivity contribution is 0.138. The minimum atomic E-state index is 0.111. The summed E-state index contributed by atoms with van der Waals surface area (Å²) in [5.41, 5.74) is 1.16. The molecule has 0 bridgehead atoms. The van der Waals surface area contributed by atoms with Crippen LogP contribution >= 0.6 is 15.9 Å². The van der Waals surface area contributed by atoms with Gasteiger partial charge in [-0.15, -0.1) is 0 Å². The van der Waals surface area contributed by atoms with Crippen molar-refractivity contribution in [2.75, 3.05) is 20.3 Å². The molecule has 112 valence electrons. The lowest BCUT2D eigenvalue weighted by atomic mass is 10.2. The van der Waals surface area contributed by atoms with Gasteiger partial charge in [-0.05, 0) is 33.6 Å². The second kappa shape index (κ2) is 7.29. The molecule has 0 aromatic heterocycles. The van der Waals surface area contributed by atoms with Gasteiger partial charge in [-0.25, -0.2) is 0 Å². The zero-order valence-corrected chi connectivity index (χ0v) is 13.8. The zero-order valence-electron chi connectivity index (χ0n) is 12.2. The van der Waals surface area contributed by atoms with E-state index in [-0.39, 0.29) is 6.10 Å². The van der Waals surface area contributed by atoms with Crippen molar-refractivity contribution in [2.24, 2.45) is 0 Å². The Kier molecular flexibility index (Phi) is 5.69. The molecule has 0 amide bonds. The van der Waals surface area contributed by atoms with Crippen molar-refractivity contribution >= 4 is 15.9 Å². The topological polar surface area (TPSA) is 39.7 Å². The number of methoxy groups -OCH3 is 1. The van der Waals surface area contributed by atoms with E-state index < -0.39 is 0 Å². The Bertz CT molecular complexity index is 445. The minimum Gasteiger partial charge on any atom is -0.493 e. The predicted molar refractivity (Wildman–Crippen MR) is 82.5 cm³/mol. The number of rotatable bonds is 6. The molecule has 1 aromatic rings. The summed E-state index contributed by atoms with van der Waals surface area (Å²) >= 11 is 3.58. The maximum absolute atomic E-state index is 5.99. The molecule has 0 radical (unpaired) electrons. The average Bonchev–Trinajstić information content (AvgIpc) is 2.91. The van der Waals surface area contributed by atoms with Crippen LogP contribution in [0.5, 0.6) is 11.5 Å². The first-order valence-electron chi connectivity index (χ1n) is 6.94. The fourth-order valence-electron chi connectivity index (χ4n) is 2.08. The van der Waals surface area contributed by atoms with E-state index in [9.17, 15) is 0 Å². The lowest BCUT2D eigenvalue weighted by Crippen LogP contribution is -2.22. The van der Waals surface area contributed by atoms with Crippen LogP contribution in [0.15, 0.2) is 16.6 Å². The van der Waals surface area contributed by atoms with Crippen molar-refractivity contribution in [3.8, 4) is 11.5 Å². The molecule has 20 heavy (non-hydrogen) atoms. The minimum absolute atomic E-state index is 0.111. The molecule has 5 heteroatoms. The number of halogens is 1. The van der Waals surface area contributed by atoms with Crippen molar-refractivity contribution in [3.63, 3.8) is 0 Å². The monoisotopic (exact) mass is 343 g/mol. The number of benzene rings is 1. The smallest absolute Gasteiger partial charge is 0.175 e.